The molecule has 0 radical (unpaired) electrons. The Hall–Kier alpha value is -3.80. The van der Waals surface area contributed by atoms with Gasteiger partial charge in [-0.25, -0.2) is 0 Å². The van der Waals surface area contributed by atoms with Crippen molar-refractivity contribution in [1.82, 2.24) is 0 Å². The Balaban J connectivity index is 1.50. The highest BCUT2D eigenvalue weighted by Gasteiger charge is 2.29. The molecule has 40 heavy (non-hydrogen) atoms. The highest BCUT2D eigenvalue weighted by atomic mass is 32.4. The lowest BCUT2D eigenvalue weighted by molar-refractivity contribution is 0.490. The predicted octanol–water partition coefficient (Wildman–Crippen LogP) is 6.99. The maximum absolute atomic E-state index is 6.93. The molecule has 6 aromatic carbocycles. The first-order valence-corrected chi connectivity index (χ1v) is 17.4. The minimum atomic E-state index is -2.39. The summed E-state index contributed by atoms with van der Waals surface area (Å²) in [5.41, 5.74) is 0. The van der Waals surface area contributed by atoms with E-state index in [-0.39, 0.29) is 0 Å². The number of para-hydroxylation sites is 2. The highest BCUT2D eigenvalue weighted by Crippen LogP contribution is 2.46. The van der Waals surface area contributed by atoms with Crippen molar-refractivity contribution in [3.8, 4) is 11.5 Å². The molecule has 6 aromatic rings. The van der Waals surface area contributed by atoms with Crippen molar-refractivity contribution < 1.29 is 4.74 Å². The van der Waals surface area contributed by atoms with Gasteiger partial charge in [-0.1, -0.05) is 163 Å². The van der Waals surface area contributed by atoms with Gasteiger partial charge in [0, 0.05) is 16.6 Å². The fourth-order valence-electron chi connectivity index (χ4n) is 4.93. The summed E-state index contributed by atoms with van der Waals surface area (Å²) in [5, 5.41) is 7.10. The van der Waals surface area contributed by atoms with Crippen molar-refractivity contribution in [1.29, 1.82) is 0 Å². The first-order chi connectivity index (χ1) is 19.7. The summed E-state index contributed by atoms with van der Waals surface area (Å²) in [6.45, 7) is 0. The lowest BCUT2D eigenvalue weighted by Crippen LogP contribution is -2.26. The van der Waals surface area contributed by atoms with Crippen LogP contribution in [0.25, 0.3) is 0 Å². The summed E-state index contributed by atoms with van der Waals surface area (Å²) in [6, 6.07) is 56.8. The molecule has 0 saturated carbocycles. The van der Waals surface area contributed by atoms with Gasteiger partial charge in [0.25, 0.3) is 0 Å². The summed E-state index contributed by atoms with van der Waals surface area (Å²) < 4.78 is 6.93. The average Bonchev–Trinajstić information content (AvgIpc) is 3.04. The smallest absolute Gasteiger partial charge is 0.136 e. The first-order valence-electron chi connectivity index (χ1n) is 13.2. The largest absolute Gasteiger partial charge is 0.456 e. The zero-order valence-corrected chi connectivity index (χ0v) is 24.5. The molecule has 0 aromatic heterocycles. The molecule has 0 unspecified atom stereocenters. The molecule has 0 aliphatic carbocycles. The van der Waals surface area contributed by atoms with Gasteiger partial charge in [0.15, 0.2) is 0 Å². The number of ether oxygens (including phenoxy) is 1. The van der Waals surface area contributed by atoms with E-state index in [1.165, 1.54) is 15.9 Å². The maximum Gasteiger partial charge on any atom is 0.136 e. The Morgan fingerprint density at radius 2 is 0.825 bits per heavy atom. The number of hydrogen-bond donors (Lipinski definition) is 0. The molecule has 0 amide bonds. The summed E-state index contributed by atoms with van der Waals surface area (Å²) in [5.74, 6) is 1.67. The van der Waals surface area contributed by atoms with E-state index < -0.39 is 14.0 Å². The van der Waals surface area contributed by atoms with E-state index in [2.05, 4.69) is 152 Å². The van der Waals surface area contributed by atoms with Crippen molar-refractivity contribution in [2.24, 2.45) is 0 Å². The molecule has 0 heterocycles. The predicted molar refractivity (Wildman–Crippen MR) is 178 cm³/mol. The van der Waals surface area contributed by atoms with Gasteiger partial charge in [0.2, 0.25) is 0 Å². The quantitative estimate of drug-likeness (QED) is 0.183. The first kappa shape index (κ1) is 26.4. The normalized spacial score (nSPS) is 11.3. The Morgan fingerprint density at radius 3 is 1.35 bits per heavy atom. The van der Waals surface area contributed by atoms with Crippen LogP contribution in [0.4, 0.5) is 0 Å². The van der Waals surface area contributed by atoms with Crippen LogP contribution >= 0.6 is 14.0 Å². The standard InChI is InChI=1S/C36H28OP2S/c40-39(31-21-9-3-10-22-31,32-23-11-4-12-24-32)36-28-16-14-26-34(36)37-33-25-13-15-27-35(33)38(29-17-5-1-6-18-29)30-19-7-2-8-20-30/h1-28H. The molecule has 0 aliphatic heterocycles. The molecule has 194 valence electrons. The summed E-state index contributed by atoms with van der Waals surface area (Å²) in [7, 11) is -0.830. The van der Waals surface area contributed by atoms with Crippen molar-refractivity contribution in [2.45, 2.75) is 0 Å². The van der Waals surface area contributed by atoms with Crippen molar-refractivity contribution in [2.75, 3.05) is 0 Å². The molecular weight excluding hydrogens is 542 g/mol. The van der Waals surface area contributed by atoms with Crippen LogP contribution in [-0.4, -0.2) is 0 Å². The van der Waals surface area contributed by atoms with Crippen LogP contribution in [0.5, 0.6) is 11.5 Å². The van der Waals surface area contributed by atoms with Crippen LogP contribution in [0.3, 0.4) is 0 Å². The van der Waals surface area contributed by atoms with Gasteiger partial charge in [-0.2, -0.15) is 0 Å². The van der Waals surface area contributed by atoms with Crippen LogP contribution in [0.2, 0.25) is 0 Å². The topological polar surface area (TPSA) is 9.23 Å². The van der Waals surface area contributed by atoms with Crippen LogP contribution in [-0.2, 0) is 11.8 Å². The molecule has 0 saturated heterocycles. The Kier molecular flexibility index (Phi) is 8.03. The molecular formula is C36H28OP2S. The van der Waals surface area contributed by atoms with Gasteiger partial charge in [-0.3, -0.25) is 0 Å². The SMILES string of the molecule is S=P(c1ccccc1)(c1ccccc1)c1ccccc1Oc1ccccc1P(c1ccccc1)c1ccccc1. The molecule has 0 spiro atoms. The van der Waals surface area contributed by atoms with E-state index in [4.69, 9.17) is 16.5 Å². The second-order valence-electron chi connectivity index (χ2n) is 9.32. The van der Waals surface area contributed by atoms with Gasteiger partial charge in [0.1, 0.15) is 11.5 Å². The molecule has 1 nitrogen and oxygen atoms in total. The molecule has 0 bridgehead atoms. The Labute approximate surface area is 242 Å². The van der Waals surface area contributed by atoms with Crippen molar-refractivity contribution >= 4 is 57.6 Å². The van der Waals surface area contributed by atoms with Crippen molar-refractivity contribution in [3.05, 3.63) is 170 Å². The molecule has 6 rings (SSSR count). The van der Waals surface area contributed by atoms with E-state index in [1.54, 1.807) is 0 Å². The van der Waals surface area contributed by atoms with Gasteiger partial charge in [0.05, 0.1) is 0 Å². The average molecular weight is 571 g/mol. The third kappa shape index (κ3) is 5.32. The zero-order chi connectivity index (χ0) is 27.2. The fourth-order valence-corrected chi connectivity index (χ4v) is 11.3. The summed E-state index contributed by atoms with van der Waals surface area (Å²) in [4.78, 5) is 0. The van der Waals surface area contributed by atoms with Crippen molar-refractivity contribution in [3.63, 3.8) is 0 Å². The second-order valence-corrected chi connectivity index (χ2v) is 15.9. The monoisotopic (exact) mass is 570 g/mol. The molecule has 0 N–H and O–H groups in total. The fraction of sp³-hybridized carbons (Fsp3) is 0. The Bertz CT molecular complexity index is 1660. The van der Waals surface area contributed by atoms with E-state index in [0.29, 0.717) is 0 Å². The third-order valence-electron chi connectivity index (χ3n) is 6.80. The number of benzene rings is 6. The van der Waals surface area contributed by atoms with E-state index in [1.807, 2.05) is 18.2 Å². The highest BCUT2D eigenvalue weighted by molar-refractivity contribution is 8.25. The molecule has 4 heteroatoms. The lowest BCUT2D eigenvalue weighted by Gasteiger charge is -2.27. The van der Waals surface area contributed by atoms with Crippen LogP contribution < -0.4 is 36.6 Å². The molecule has 0 fully saturated rings. The summed E-state index contributed by atoms with van der Waals surface area (Å²) in [6.07, 6.45) is 0. The zero-order valence-electron chi connectivity index (χ0n) is 21.9. The number of hydrogen-bond acceptors (Lipinski definition) is 2. The van der Waals surface area contributed by atoms with Gasteiger partial charge in [-0.05, 0) is 47.3 Å². The van der Waals surface area contributed by atoms with Gasteiger partial charge < -0.3 is 4.74 Å². The van der Waals surface area contributed by atoms with Crippen LogP contribution in [0.15, 0.2) is 170 Å². The number of rotatable bonds is 8. The minimum absolute atomic E-state index is 0.807. The van der Waals surface area contributed by atoms with Gasteiger partial charge >= 0.3 is 0 Å². The Morgan fingerprint density at radius 1 is 0.425 bits per heavy atom. The van der Waals surface area contributed by atoms with Gasteiger partial charge in [-0.15, -0.1) is 0 Å². The third-order valence-corrected chi connectivity index (χ3v) is 14.2. The van der Waals surface area contributed by atoms with Crippen LogP contribution in [0, 0.1) is 0 Å². The lowest BCUT2D eigenvalue weighted by atomic mass is 10.3. The van der Waals surface area contributed by atoms with E-state index >= 15 is 0 Å². The minimum Gasteiger partial charge on any atom is -0.456 e. The molecule has 0 aliphatic rings. The maximum atomic E-state index is 6.93. The second kappa shape index (κ2) is 12.2. The molecule has 0 atom stereocenters. The summed E-state index contributed by atoms with van der Waals surface area (Å²) >= 11 is 6.68. The van der Waals surface area contributed by atoms with E-state index in [0.717, 1.165) is 27.4 Å². The van der Waals surface area contributed by atoms with E-state index in [9.17, 15) is 0 Å². The van der Waals surface area contributed by atoms with Crippen LogP contribution in [0.1, 0.15) is 0 Å².